The molecular formula is C17H23N3. The first-order valence-corrected chi connectivity index (χ1v) is 7.28. The fourth-order valence-corrected chi connectivity index (χ4v) is 2.56. The van der Waals surface area contributed by atoms with Gasteiger partial charge in [-0.05, 0) is 35.6 Å². The molecular weight excluding hydrogens is 246 g/mol. The molecule has 0 saturated carbocycles. The van der Waals surface area contributed by atoms with Gasteiger partial charge in [-0.15, -0.1) is 0 Å². The summed E-state index contributed by atoms with van der Waals surface area (Å²) >= 11 is 0. The number of pyridine rings is 1. The number of hydrogen-bond donors (Lipinski definition) is 2. The van der Waals surface area contributed by atoms with Gasteiger partial charge in [-0.3, -0.25) is 10.8 Å². The maximum Gasteiger partial charge on any atom is 0.0884 e. The zero-order valence-corrected chi connectivity index (χ0v) is 12.3. The molecule has 0 saturated heterocycles. The fourth-order valence-electron chi connectivity index (χ4n) is 2.56. The van der Waals surface area contributed by atoms with Crippen LogP contribution in [0.1, 0.15) is 48.7 Å². The van der Waals surface area contributed by atoms with Gasteiger partial charge < -0.3 is 0 Å². The zero-order chi connectivity index (χ0) is 14.4. The van der Waals surface area contributed by atoms with Gasteiger partial charge in [-0.1, -0.05) is 50.6 Å². The molecule has 1 heterocycles. The van der Waals surface area contributed by atoms with Crippen LogP contribution in [0.15, 0.2) is 42.6 Å². The molecule has 20 heavy (non-hydrogen) atoms. The van der Waals surface area contributed by atoms with Crippen molar-refractivity contribution in [3.63, 3.8) is 0 Å². The molecule has 2 aromatic rings. The van der Waals surface area contributed by atoms with E-state index in [9.17, 15) is 0 Å². The second kappa shape index (κ2) is 7.17. The van der Waals surface area contributed by atoms with Gasteiger partial charge in [0.2, 0.25) is 0 Å². The van der Waals surface area contributed by atoms with E-state index in [0.717, 1.165) is 25.0 Å². The standard InChI is InChI=1S/C17H23N3/c1-3-7-13-8-5-9-15(12-13)17(20-18)16-14(4-2)10-6-11-19-16/h5-6,8-12,17,20H,3-4,7,18H2,1-2H3. The highest BCUT2D eigenvalue weighted by molar-refractivity contribution is 5.35. The lowest BCUT2D eigenvalue weighted by atomic mass is 9.96. The van der Waals surface area contributed by atoms with Crippen molar-refractivity contribution in [2.24, 2.45) is 5.84 Å². The minimum Gasteiger partial charge on any atom is -0.271 e. The molecule has 3 nitrogen and oxygen atoms in total. The van der Waals surface area contributed by atoms with Crippen molar-refractivity contribution in [1.29, 1.82) is 0 Å². The quantitative estimate of drug-likeness (QED) is 0.625. The highest BCUT2D eigenvalue weighted by Gasteiger charge is 2.16. The monoisotopic (exact) mass is 269 g/mol. The predicted octanol–water partition coefficient (Wildman–Crippen LogP) is 3.15. The first-order valence-electron chi connectivity index (χ1n) is 7.28. The number of nitrogens with one attached hydrogen (secondary N) is 1. The van der Waals surface area contributed by atoms with Crippen LogP contribution < -0.4 is 11.3 Å². The van der Waals surface area contributed by atoms with Gasteiger partial charge in [0.1, 0.15) is 0 Å². The molecule has 2 rings (SSSR count). The van der Waals surface area contributed by atoms with Gasteiger partial charge in [0.05, 0.1) is 11.7 Å². The second-order valence-corrected chi connectivity index (χ2v) is 5.00. The Kier molecular flexibility index (Phi) is 5.27. The van der Waals surface area contributed by atoms with Crippen LogP contribution in [0.3, 0.4) is 0 Å². The second-order valence-electron chi connectivity index (χ2n) is 5.00. The van der Waals surface area contributed by atoms with Crippen LogP contribution in [-0.4, -0.2) is 4.98 Å². The maximum atomic E-state index is 5.79. The van der Waals surface area contributed by atoms with Crippen LogP contribution in [0, 0.1) is 0 Å². The summed E-state index contributed by atoms with van der Waals surface area (Å²) < 4.78 is 0. The summed E-state index contributed by atoms with van der Waals surface area (Å²) in [6, 6.07) is 12.6. The number of nitrogens with zero attached hydrogens (tertiary/aromatic N) is 1. The Morgan fingerprint density at radius 1 is 1.20 bits per heavy atom. The van der Waals surface area contributed by atoms with Gasteiger partial charge >= 0.3 is 0 Å². The number of hydrogen-bond acceptors (Lipinski definition) is 3. The summed E-state index contributed by atoms with van der Waals surface area (Å²) in [5.41, 5.74) is 7.69. The van der Waals surface area contributed by atoms with Crippen molar-refractivity contribution in [2.45, 2.75) is 39.2 Å². The molecule has 1 unspecified atom stereocenters. The largest absolute Gasteiger partial charge is 0.271 e. The Balaban J connectivity index is 2.39. The molecule has 0 fully saturated rings. The molecule has 0 radical (unpaired) electrons. The smallest absolute Gasteiger partial charge is 0.0884 e. The molecule has 1 aromatic heterocycles. The molecule has 0 aliphatic rings. The van der Waals surface area contributed by atoms with E-state index in [4.69, 9.17) is 5.84 Å². The Morgan fingerprint density at radius 3 is 2.75 bits per heavy atom. The van der Waals surface area contributed by atoms with Crippen molar-refractivity contribution >= 4 is 0 Å². The first kappa shape index (κ1) is 14.7. The summed E-state index contributed by atoms with van der Waals surface area (Å²) in [5, 5.41) is 0. The average molecular weight is 269 g/mol. The molecule has 0 amide bonds. The normalized spacial score (nSPS) is 12.3. The summed E-state index contributed by atoms with van der Waals surface area (Å²) in [6.45, 7) is 4.33. The van der Waals surface area contributed by atoms with Gasteiger partial charge in [0.15, 0.2) is 0 Å². The van der Waals surface area contributed by atoms with Crippen molar-refractivity contribution in [2.75, 3.05) is 0 Å². The SMILES string of the molecule is CCCc1cccc(C(NN)c2ncccc2CC)c1. The molecule has 3 N–H and O–H groups in total. The van der Waals surface area contributed by atoms with E-state index in [0.29, 0.717) is 0 Å². The van der Waals surface area contributed by atoms with Crippen molar-refractivity contribution in [3.8, 4) is 0 Å². The van der Waals surface area contributed by atoms with Crippen LogP contribution in [0.5, 0.6) is 0 Å². The third-order valence-corrected chi connectivity index (χ3v) is 3.57. The van der Waals surface area contributed by atoms with E-state index in [1.807, 2.05) is 12.3 Å². The minimum absolute atomic E-state index is 0.0528. The molecule has 0 spiro atoms. The van der Waals surface area contributed by atoms with Crippen molar-refractivity contribution < 1.29 is 0 Å². The summed E-state index contributed by atoms with van der Waals surface area (Å²) in [4.78, 5) is 4.53. The van der Waals surface area contributed by atoms with Crippen molar-refractivity contribution in [1.82, 2.24) is 10.4 Å². The topological polar surface area (TPSA) is 50.9 Å². The summed E-state index contributed by atoms with van der Waals surface area (Å²) in [6.07, 6.45) is 5.02. The number of aryl methyl sites for hydroxylation is 2. The lowest BCUT2D eigenvalue weighted by molar-refractivity contribution is 0.613. The predicted molar refractivity (Wildman–Crippen MR) is 83.2 cm³/mol. The highest BCUT2D eigenvalue weighted by atomic mass is 15.2. The van der Waals surface area contributed by atoms with E-state index in [1.165, 1.54) is 16.7 Å². The van der Waals surface area contributed by atoms with Gasteiger partial charge in [0.25, 0.3) is 0 Å². The highest BCUT2D eigenvalue weighted by Crippen LogP contribution is 2.24. The molecule has 0 aliphatic carbocycles. The van der Waals surface area contributed by atoms with Crippen molar-refractivity contribution in [3.05, 3.63) is 65.0 Å². The van der Waals surface area contributed by atoms with E-state index >= 15 is 0 Å². The fraction of sp³-hybridized carbons (Fsp3) is 0.353. The molecule has 1 atom stereocenters. The van der Waals surface area contributed by atoms with E-state index in [-0.39, 0.29) is 6.04 Å². The Bertz CT molecular complexity index is 551. The number of benzene rings is 1. The summed E-state index contributed by atoms with van der Waals surface area (Å²) in [7, 11) is 0. The summed E-state index contributed by atoms with van der Waals surface area (Å²) in [5.74, 6) is 5.79. The van der Waals surface area contributed by atoms with Crippen LogP contribution >= 0.6 is 0 Å². The number of rotatable bonds is 6. The number of aromatic nitrogens is 1. The minimum atomic E-state index is -0.0528. The zero-order valence-electron chi connectivity index (χ0n) is 12.3. The average Bonchev–Trinajstić information content (AvgIpc) is 2.49. The van der Waals surface area contributed by atoms with E-state index in [2.05, 4.69) is 54.6 Å². The molecule has 0 aliphatic heterocycles. The number of nitrogens with two attached hydrogens (primary N) is 1. The van der Waals surface area contributed by atoms with Crippen LogP contribution in [-0.2, 0) is 12.8 Å². The number of hydrazine groups is 1. The van der Waals surface area contributed by atoms with Crippen LogP contribution in [0.25, 0.3) is 0 Å². The molecule has 1 aromatic carbocycles. The lowest BCUT2D eigenvalue weighted by Crippen LogP contribution is -2.30. The third-order valence-electron chi connectivity index (χ3n) is 3.57. The van der Waals surface area contributed by atoms with E-state index < -0.39 is 0 Å². The lowest BCUT2D eigenvalue weighted by Gasteiger charge is -2.19. The van der Waals surface area contributed by atoms with Crippen LogP contribution in [0.2, 0.25) is 0 Å². The van der Waals surface area contributed by atoms with Gasteiger partial charge in [0, 0.05) is 6.20 Å². The molecule has 106 valence electrons. The van der Waals surface area contributed by atoms with Crippen LogP contribution in [0.4, 0.5) is 0 Å². The third kappa shape index (κ3) is 3.24. The van der Waals surface area contributed by atoms with E-state index in [1.54, 1.807) is 0 Å². The molecule has 3 heteroatoms. The van der Waals surface area contributed by atoms with Gasteiger partial charge in [-0.2, -0.15) is 0 Å². The Hall–Kier alpha value is -1.71. The first-order chi connectivity index (χ1) is 9.80. The maximum absolute atomic E-state index is 5.79. The Morgan fingerprint density at radius 2 is 2.05 bits per heavy atom. The van der Waals surface area contributed by atoms with Gasteiger partial charge in [-0.25, -0.2) is 5.43 Å². The molecule has 0 bridgehead atoms. The Labute approximate surface area is 121 Å².